The lowest BCUT2D eigenvalue weighted by Crippen LogP contribution is -2.60. The van der Waals surface area contributed by atoms with E-state index in [1.165, 1.54) is 14.0 Å². The SMILES string of the molecule is CC[C@H]1OC(=O)[C@H](C)[C@@H](O[C@H]2C[C@@](C)(OC)[C@@H](O)[C@H](C)O2)[C@H](C)[C@@H](O[C@@H]2O[C@H](C)C[C@H](N(C)Cc3ccc(NC(=O)CCCCCCC(=O)NO)cc3)[C@@H]2O)[C@](C)(O)C[C@@H](C)CN(C)[C@H](C)[C@@H](O)[C@]1(C)O. The van der Waals surface area contributed by atoms with Gasteiger partial charge in [0, 0.05) is 63.2 Å². The van der Waals surface area contributed by atoms with Crippen LogP contribution in [0.5, 0.6) is 0 Å². The molecule has 3 saturated heterocycles. The van der Waals surface area contributed by atoms with Crippen LogP contribution in [0.2, 0.25) is 0 Å². The smallest absolute Gasteiger partial charge is 0.311 e. The number of amides is 2. The van der Waals surface area contributed by atoms with Gasteiger partial charge in [-0.3, -0.25) is 24.5 Å². The van der Waals surface area contributed by atoms with Crippen LogP contribution in [0.3, 0.4) is 0 Å². The summed E-state index contributed by atoms with van der Waals surface area (Å²) in [7, 11) is 5.23. The molecular weight excluding hydrogens is 921 g/mol. The summed E-state index contributed by atoms with van der Waals surface area (Å²) < 4.78 is 38.2. The van der Waals surface area contributed by atoms with Crippen molar-refractivity contribution in [1.29, 1.82) is 0 Å². The van der Waals surface area contributed by atoms with Gasteiger partial charge in [-0.2, -0.15) is 0 Å². The monoisotopic (exact) mass is 1010 g/mol. The fourth-order valence-corrected chi connectivity index (χ4v) is 11.0. The molecule has 19 heteroatoms. The first kappa shape index (κ1) is 60.7. The lowest BCUT2D eigenvalue weighted by atomic mass is 9.77. The zero-order valence-corrected chi connectivity index (χ0v) is 44.7. The summed E-state index contributed by atoms with van der Waals surface area (Å²) in [5.41, 5.74) is -1.36. The average molecular weight is 1010 g/mol. The van der Waals surface area contributed by atoms with Gasteiger partial charge in [0.05, 0.1) is 41.5 Å². The molecule has 0 radical (unpaired) electrons. The third kappa shape index (κ3) is 16.1. The Kier molecular flexibility index (Phi) is 22.7. The number of hydrogen-bond acceptors (Lipinski definition) is 17. The Balaban J connectivity index is 1.62. The molecule has 71 heavy (non-hydrogen) atoms. The number of rotatable bonds is 17. The van der Waals surface area contributed by atoms with Crippen molar-refractivity contribution in [2.24, 2.45) is 17.8 Å². The molecule has 1 aromatic carbocycles. The quantitative estimate of drug-likeness (QED) is 0.0470. The van der Waals surface area contributed by atoms with E-state index in [0.717, 1.165) is 18.4 Å². The van der Waals surface area contributed by atoms with E-state index >= 15 is 0 Å². The van der Waals surface area contributed by atoms with Crippen molar-refractivity contribution < 1.29 is 73.5 Å². The number of likely N-dealkylation sites (N-methyl/N-ethyl adjacent to an activating group) is 2. The molecule has 0 bridgehead atoms. The number of ether oxygens (including phenoxy) is 6. The van der Waals surface area contributed by atoms with E-state index in [9.17, 15) is 39.9 Å². The highest BCUT2D eigenvalue weighted by Gasteiger charge is 2.53. The van der Waals surface area contributed by atoms with Gasteiger partial charge in [-0.05, 0) is 118 Å². The van der Waals surface area contributed by atoms with Crippen LogP contribution in [0.15, 0.2) is 24.3 Å². The number of hydroxylamine groups is 1. The van der Waals surface area contributed by atoms with E-state index in [4.69, 9.17) is 33.6 Å². The van der Waals surface area contributed by atoms with Gasteiger partial charge in [0.2, 0.25) is 11.8 Å². The molecule has 3 fully saturated rings. The second-order valence-electron chi connectivity index (χ2n) is 21.8. The predicted octanol–water partition coefficient (Wildman–Crippen LogP) is 4.26. The number of hydrogen-bond donors (Lipinski definition) is 8. The maximum absolute atomic E-state index is 14.5. The summed E-state index contributed by atoms with van der Waals surface area (Å²) in [4.78, 5) is 42.2. The molecule has 0 saturated carbocycles. The number of benzene rings is 1. The minimum absolute atomic E-state index is 0.0901. The number of nitrogens with zero attached hydrogens (tertiary/aromatic N) is 2. The van der Waals surface area contributed by atoms with E-state index in [-0.39, 0.29) is 43.6 Å². The first-order valence-electron chi connectivity index (χ1n) is 25.8. The van der Waals surface area contributed by atoms with Gasteiger partial charge in [0.15, 0.2) is 12.6 Å². The lowest BCUT2D eigenvalue weighted by Gasteiger charge is -2.49. The summed E-state index contributed by atoms with van der Waals surface area (Å²) >= 11 is 0. The Morgan fingerprint density at radius 3 is 2.10 bits per heavy atom. The molecule has 0 unspecified atom stereocenters. The number of methoxy groups -OCH3 is 1. The molecule has 0 aliphatic carbocycles. The Bertz CT molecular complexity index is 1820. The highest BCUT2D eigenvalue weighted by molar-refractivity contribution is 5.90. The molecule has 8 N–H and O–H groups in total. The van der Waals surface area contributed by atoms with Crippen LogP contribution in [0.1, 0.15) is 139 Å². The van der Waals surface area contributed by atoms with Gasteiger partial charge in [0.25, 0.3) is 0 Å². The van der Waals surface area contributed by atoms with Crippen molar-refractivity contribution in [2.45, 2.75) is 230 Å². The Morgan fingerprint density at radius 1 is 0.887 bits per heavy atom. The fraction of sp³-hybridized carbons (Fsp3) is 0.827. The molecule has 3 aliphatic rings. The lowest BCUT2D eigenvalue weighted by molar-refractivity contribution is -0.318. The van der Waals surface area contributed by atoms with Gasteiger partial charge in [0.1, 0.15) is 30.0 Å². The molecule has 2 amide bonds. The first-order valence-corrected chi connectivity index (χ1v) is 25.8. The minimum atomic E-state index is -1.85. The van der Waals surface area contributed by atoms with E-state index in [0.29, 0.717) is 44.5 Å². The number of carbonyl (C=O) groups is 3. The molecule has 408 valence electrons. The first-order chi connectivity index (χ1) is 33.2. The van der Waals surface area contributed by atoms with Crippen molar-refractivity contribution >= 4 is 23.5 Å². The van der Waals surface area contributed by atoms with Gasteiger partial charge < -0.3 is 64.2 Å². The topological polar surface area (TPSA) is 259 Å². The molecule has 4 rings (SSSR count). The van der Waals surface area contributed by atoms with Gasteiger partial charge >= 0.3 is 5.97 Å². The molecular formula is C52H90N4O15. The number of esters is 1. The van der Waals surface area contributed by atoms with Crippen LogP contribution in [0.4, 0.5) is 5.69 Å². The Morgan fingerprint density at radius 2 is 1.51 bits per heavy atom. The summed E-state index contributed by atoms with van der Waals surface area (Å²) in [6.45, 7) is 18.3. The molecule has 18 atom stereocenters. The normalized spacial score (nSPS) is 39.3. The number of aliphatic hydroxyl groups excluding tert-OH is 3. The van der Waals surface area contributed by atoms with Crippen LogP contribution in [-0.4, -0.2) is 176 Å². The second kappa shape index (κ2) is 26.5. The van der Waals surface area contributed by atoms with Crippen LogP contribution >= 0.6 is 0 Å². The van der Waals surface area contributed by atoms with E-state index in [1.807, 2.05) is 62.0 Å². The third-order valence-electron chi connectivity index (χ3n) is 15.5. The summed E-state index contributed by atoms with van der Waals surface area (Å²) in [6.07, 6.45) is -5.83. The van der Waals surface area contributed by atoms with E-state index in [2.05, 4.69) is 5.32 Å². The number of carbonyl (C=O) groups excluding carboxylic acids is 3. The zero-order valence-electron chi connectivity index (χ0n) is 44.7. The zero-order chi connectivity index (χ0) is 53.2. The molecule has 3 aliphatic heterocycles. The van der Waals surface area contributed by atoms with E-state index < -0.39 is 108 Å². The van der Waals surface area contributed by atoms with Crippen molar-refractivity contribution in [3.8, 4) is 0 Å². The number of aliphatic hydroxyl groups is 5. The highest BCUT2D eigenvalue weighted by Crippen LogP contribution is 2.40. The maximum Gasteiger partial charge on any atom is 0.311 e. The second-order valence-corrected chi connectivity index (χ2v) is 21.8. The van der Waals surface area contributed by atoms with Crippen LogP contribution in [-0.2, 0) is 49.3 Å². The molecule has 19 nitrogen and oxygen atoms in total. The van der Waals surface area contributed by atoms with Crippen molar-refractivity contribution in [2.75, 3.05) is 33.1 Å². The summed E-state index contributed by atoms with van der Waals surface area (Å²) in [6, 6.07) is 6.46. The van der Waals surface area contributed by atoms with Crippen molar-refractivity contribution in [3.05, 3.63) is 29.8 Å². The summed E-state index contributed by atoms with van der Waals surface area (Å²) in [5, 5.41) is 71.2. The van der Waals surface area contributed by atoms with Crippen molar-refractivity contribution in [3.63, 3.8) is 0 Å². The molecule has 1 aromatic rings. The fourth-order valence-electron chi connectivity index (χ4n) is 11.0. The maximum atomic E-state index is 14.5. The predicted molar refractivity (Wildman–Crippen MR) is 265 cm³/mol. The number of anilines is 1. The molecule has 0 spiro atoms. The van der Waals surface area contributed by atoms with Gasteiger partial charge in [-0.25, -0.2) is 5.48 Å². The molecule has 0 aromatic heterocycles. The largest absolute Gasteiger partial charge is 0.459 e. The van der Waals surface area contributed by atoms with Gasteiger partial charge in [-0.15, -0.1) is 0 Å². The van der Waals surface area contributed by atoms with Crippen LogP contribution in [0.25, 0.3) is 0 Å². The third-order valence-corrected chi connectivity index (χ3v) is 15.5. The number of unbranched alkanes of at least 4 members (excludes halogenated alkanes) is 3. The Labute approximate surface area is 422 Å². The highest BCUT2D eigenvalue weighted by atomic mass is 16.7. The van der Waals surface area contributed by atoms with Gasteiger partial charge in [-0.1, -0.05) is 45.7 Å². The average Bonchev–Trinajstić information content (AvgIpc) is 3.31. The van der Waals surface area contributed by atoms with E-state index in [1.54, 1.807) is 53.9 Å². The van der Waals surface area contributed by atoms with Crippen LogP contribution in [0, 0.1) is 17.8 Å². The standard InChI is InChI=1S/C52H90N4O15/c1-14-39-52(10,64)45(60)34(6)55(11)28-30(2)26-50(8,63)47(32(4)44(33(5)48(62)69-39)70-42-27-51(9,66-13)46(61)35(7)68-42)71-49-43(59)38(25-31(3)67-49)56(12)29-36-21-23-37(24-22-36)53-40(57)19-17-15-16-18-20-41(58)54-65/h21-24,30-35,38-39,42-47,49,59-61,63-65H,14-20,25-29H2,1-13H3,(H,53,57)(H,54,58)/t30-,31-,32+,33-,34-,35+,38+,39-,42+,43+,44+,45-,46+,47-,49+,50-,51-,52-/m1/s1. The minimum Gasteiger partial charge on any atom is -0.459 e. The Hall–Kier alpha value is -2.89. The molecule has 3 heterocycles. The number of cyclic esters (lactones) is 1. The van der Waals surface area contributed by atoms with Crippen molar-refractivity contribution in [1.82, 2.24) is 15.3 Å². The summed E-state index contributed by atoms with van der Waals surface area (Å²) in [5.74, 6) is -3.37. The van der Waals surface area contributed by atoms with Crippen LogP contribution < -0.4 is 10.8 Å². The number of nitrogens with one attached hydrogen (secondary N) is 2.